The minimum absolute atomic E-state index is 0.182. The molecule has 0 aliphatic rings. The van der Waals surface area contributed by atoms with Crippen molar-refractivity contribution < 1.29 is 42.9 Å². The molecule has 0 radical (unpaired) electrons. The monoisotopic (exact) mass is 1080 g/mol. The lowest BCUT2D eigenvalue weighted by atomic mass is 10.0. The zero-order chi connectivity index (χ0) is 56.2. The molecule has 1 N–H and O–H groups in total. The third-order valence-electron chi connectivity index (χ3n) is 13.3. The van der Waals surface area contributed by atoms with Crippen molar-refractivity contribution in [3.8, 4) is 0 Å². The first-order valence-electron chi connectivity index (χ1n) is 31.4. The van der Waals surface area contributed by atoms with E-state index < -0.39 is 24.3 Å². The summed E-state index contributed by atoms with van der Waals surface area (Å²) < 4.78 is 22.9. The van der Waals surface area contributed by atoms with E-state index in [1.165, 1.54) is 135 Å². The van der Waals surface area contributed by atoms with E-state index in [2.05, 4.69) is 111 Å². The largest absolute Gasteiger partial charge is 0.477 e. The topological polar surface area (TPSA) is 108 Å². The zero-order valence-electron chi connectivity index (χ0n) is 50.3. The molecular weight excluding hydrogens is 959 g/mol. The SMILES string of the molecule is CC/C=C\C/C=C\C/C=C\C/C=C\C/C=C\CCCCCCCCCCCCCCCCCC(=O)OC(COC(=O)CCCCCCCC/C=C\C/C=C\C/C=C\CCCCCCC)COC(OCC[N+](C)(C)C)C(=O)O. The van der Waals surface area contributed by atoms with Crippen molar-refractivity contribution in [1.29, 1.82) is 0 Å². The average Bonchev–Trinajstić information content (AvgIpc) is 3.40. The number of unbranched alkanes of at least 4 members (excludes halogenated alkanes) is 26. The predicted octanol–water partition coefficient (Wildman–Crippen LogP) is 18.9. The maximum Gasteiger partial charge on any atom is 0.361 e. The number of carboxylic acids is 1. The van der Waals surface area contributed by atoms with Gasteiger partial charge in [-0.3, -0.25) is 9.59 Å². The van der Waals surface area contributed by atoms with Crippen molar-refractivity contribution in [3.05, 3.63) is 97.2 Å². The molecule has 0 rings (SSSR count). The van der Waals surface area contributed by atoms with Crippen molar-refractivity contribution in [2.24, 2.45) is 0 Å². The second kappa shape index (κ2) is 58.4. The molecule has 9 nitrogen and oxygen atoms in total. The van der Waals surface area contributed by atoms with Crippen LogP contribution in [0.25, 0.3) is 0 Å². The third kappa shape index (κ3) is 59.7. The minimum Gasteiger partial charge on any atom is -0.477 e. The van der Waals surface area contributed by atoms with E-state index in [4.69, 9.17) is 18.9 Å². The first kappa shape index (κ1) is 73.2. The molecule has 0 aromatic heterocycles. The van der Waals surface area contributed by atoms with Gasteiger partial charge in [0.1, 0.15) is 13.2 Å². The smallest absolute Gasteiger partial charge is 0.361 e. The molecule has 442 valence electrons. The van der Waals surface area contributed by atoms with Gasteiger partial charge >= 0.3 is 17.9 Å². The van der Waals surface area contributed by atoms with E-state index >= 15 is 0 Å². The van der Waals surface area contributed by atoms with Gasteiger partial charge in [0.05, 0.1) is 34.4 Å². The third-order valence-corrected chi connectivity index (χ3v) is 13.3. The molecule has 9 heteroatoms. The highest BCUT2D eigenvalue weighted by Crippen LogP contribution is 2.16. The summed E-state index contributed by atoms with van der Waals surface area (Å²) in [5.74, 6) is -2.02. The number of quaternary nitrogens is 1. The van der Waals surface area contributed by atoms with Crippen LogP contribution in [-0.4, -0.2) is 87.4 Å². The number of likely N-dealkylation sites (N-methyl/N-ethyl adjacent to an activating group) is 1. The van der Waals surface area contributed by atoms with Crippen LogP contribution in [0.3, 0.4) is 0 Å². The van der Waals surface area contributed by atoms with Crippen LogP contribution in [0.15, 0.2) is 97.2 Å². The summed E-state index contributed by atoms with van der Waals surface area (Å²) in [6.45, 7) is 4.75. The van der Waals surface area contributed by atoms with E-state index in [1.54, 1.807) is 0 Å². The van der Waals surface area contributed by atoms with Crippen LogP contribution in [0.5, 0.6) is 0 Å². The van der Waals surface area contributed by atoms with Crippen LogP contribution in [0, 0.1) is 0 Å². The number of esters is 2. The van der Waals surface area contributed by atoms with Crippen molar-refractivity contribution >= 4 is 17.9 Å². The van der Waals surface area contributed by atoms with Crippen molar-refractivity contribution in [3.63, 3.8) is 0 Å². The number of ether oxygens (including phenoxy) is 4. The van der Waals surface area contributed by atoms with Gasteiger partial charge in [-0.1, -0.05) is 246 Å². The zero-order valence-corrected chi connectivity index (χ0v) is 50.3. The van der Waals surface area contributed by atoms with Gasteiger partial charge in [-0.05, 0) is 96.3 Å². The Balaban J connectivity index is 4.20. The summed E-state index contributed by atoms with van der Waals surface area (Å²) in [7, 11) is 5.97. The quantitative estimate of drug-likeness (QED) is 0.0211. The summed E-state index contributed by atoms with van der Waals surface area (Å²) in [6.07, 6.45) is 76.3. The van der Waals surface area contributed by atoms with Crippen molar-refractivity contribution in [2.75, 3.05) is 47.5 Å². The van der Waals surface area contributed by atoms with Crippen LogP contribution in [-0.2, 0) is 33.3 Å². The van der Waals surface area contributed by atoms with Gasteiger partial charge < -0.3 is 28.5 Å². The Morgan fingerprint density at radius 1 is 0.403 bits per heavy atom. The fraction of sp³-hybridized carbons (Fsp3) is 0.721. The molecule has 2 atom stereocenters. The standard InChI is InChI=1S/C68H117NO8/c1-6-8-10-12-14-16-18-20-22-24-26-28-29-30-31-32-33-34-35-36-37-39-41-43-45-47-49-51-53-55-57-59-66(71)77-64(63-76-68(67(72)73)74-61-60-69(3,4)5)62-75-65(70)58-56-54-52-50-48-46-44-42-40-38-27-25-23-21-19-17-15-13-11-9-7-2/h8,10,14,16,19-22,25-28,30-31,40,42,64,68H,6-7,9,11-13,15,17-18,23-24,29,32-39,41,43-63H2,1-5H3/p+1/b10-8-,16-14-,21-19-,22-20-,27-25-,28-26-,31-30-,42-40-. The molecule has 0 bridgehead atoms. The fourth-order valence-electron chi connectivity index (χ4n) is 8.52. The highest BCUT2D eigenvalue weighted by molar-refractivity contribution is 5.71. The Kier molecular flexibility index (Phi) is 55.5. The molecule has 0 saturated heterocycles. The lowest BCUT2D eigenvalue weighted by Gasteiger charge is -2.25. The number of carbonyl (C=O) groups is 3. The number of carbonyl (C=O) groups excluding carboxylic acids is 2. The van der Waals surface area contributed by atoms with Gasteiger partial charge in [0.15, 0.2) is 6.10 Å². The van der Waals surface area contributed by atoms with E-state index in [0.717, 1.165) is 89.9 Å². The molecule has 0 aromatic carbocycles. The first-order chi connectivity index (χ1) is 37.6. The van der Waals surface area contributed by atoms with Gasteiger partial charge in [0.25, 0.3) is 6.29 Å². The lowest BCUT2D eigenvalue weighted by molar-refractivity contribution is -0.870. The Hall–Kier alpha value is -3.79. The van der Waals surface area contributed by atoms with Crippen molar-refractivity contribution in [2.45, 2.75) is 270 Å². The number of hydrogen-bond acceptors (Lipinski definition) is 7. The summed E-state index contributed by atoms with van der Waals surface area (Å²) >= 11 is 0. The van der Waals surface area contributed by atoms with E-state index in [9.17, 15) is 19.5 Å². The Labute approximate surface area is 473 Å². The number of carboxylic acid groups (broad SMARTS) is 1. The van der Waals surface area contributed by atoms with Gasteiger partial charge in [-0.2, -0.15) is 0 Å². The van der Waals surface area contributed by atoms with E-state index in [0.29, 0.717) is 17.4 Å². The van der Waals surface area contributed by atoms with Crippen molar-refractivity contribution in [1.82, 2.24) is 0 Å². The molecular formula is C68H118NO8+. The summed E-state index contributed by atoms with van der Waals surface area (Å²) in [6, 6.07) is 0. The number of rotatable bonds is 57. The fourth-order valence-corrected chi connectivity index (χ4v) is 8.52. The highest BCUT2D eigenvalue weighted by Gasteiger charge is 2.25. The van der Waals surface area contributed by atoms with Crippen LogP contribution >= 0.6 is 0 Å². The maximum atomic E-state index is 12.9. The highest BCUT2D eigenvalue weighted by atomic mass is 16.7. The number of allylic oxidation sites excluding steroid dienone is 16. The minimum atomic E-state index is -1.52. The van der Waals surface area contributed by atoms with Gasteiger partial charge in [0.2, 0.25) is 0 Å². The van der Waals surface area contributed by atoms with E-state index in [1.807, 2.05) is 21.1 Å². The normalized spacial score (nSPS) is 13.4. The molecule has 0 saturated carbocycles. The van der Waals surface area contributed by atoms with Gasteiger partial charge in [-0.15, -0.1) is 0 Å². The first-order valence-corrected chi connectivity index (χ1v) is 31.4. The summed E-state index contributed by atoms with van der Waals surface area (Å²) in [5.41, 5.74) is 0. The molecule has 0 amide bonds. The molecule has 0 aromatic rings. The van der Waals surface area contributed by atoms with Crippen LogP contribution in [0.4, 0.5) is 0 Å². The summed E-state index contributed by atoms with van der Waals surface area (Å²) in [4.78, 5) is 37.5. The number of hydrogen-bond donors (Lipinski definition) is 1. The Morgan fingerprint density at radius 3 is 1.10 bits per heavy atom. The van der Waals surface area contributed by atoms with Gasteiger partial charge in [0, 0.05) is 12.8 Å². The van der Waals surface area contributed by atoms with Crippen LogP contribution in [0.2, 0.25) is 0 Å². The molecule has 0 spiro atoms. The molecule has 0 aliphatic heterocycles. The maximum absolute atomic E-state index is 12.9. The van der Waals surface area contributed by atoms with Gasteiger partial charge in [-0.25, -0.2) is 4.79 Å². The Bertz CT molecular complexity index is 1580. The van der Waals surface area contributed by atoms with E-state index in [-0.39, 0.29) is 38.6 Å². The van der Waals surface area contributed by atoms with Crippen LogP contribution < -0.4 is 0 Å². The molecule has 0 heterocycles. The second-order valence-electron chi connectivity index (χ2n) is 22.0. The number of aliphatic carboxylic acids is 1. The summed E-state index contributed by atoms with van der Waals surface area (Å²) in [5, 5.41) is 9.72. The molecule has 0 aliphatic carbocycles. The molecule has 0 fully saturated rings. The second-order valence-corrected chi connectivity index (χ2v) is 22.0. The van der Waals surface area contributed by atoms with Crippen LogP contribution in [0.1, 0.15) is 258 Å². The number of nitrogens with zero attached hydrogens (tertiary/aromatic N) is 1. The Morgan fingerprint density at radius 2 is 0.740 bits per heavy atom. The predicted molar refractivity (Wildman–Crippen MR) is 327 cm³/mol. The average molecular weight is 1080 g/mol. The molecule has 77 heavy (non-hydrogen) atoms. The molecule has 2 unspecified atom stereocenters. The lowest BCUT2D eigenvalue weighted by Crippen LogP contribution is -2.40.